The Balaban J connectivity index is 1.84. The third-order valence-electron chi connectivity index (χ3n) is 4.91. The molecule has 4 rings (SSSR count). The quantitative estimate of drug-likeness (QED) is 0.602. The molecular weight excluding hydrogens is 395 g/mol. The minimum atomic E-state index is -0.465. The molecule has 3 aromatic rings. The molecule has 0 spiro atoms. The molecule has 1 heterocycles. The second kappa shape index (κ2) is 6.80. The Morgan fingerprint density at radius 1 is 1.27 bits per heavy atom. The predicted octanol–water partition coefficient (Wildman–Crippen LogP) is 5.51. The van der Waals surface area contributed by atoms with Gasteiger partial charge >= 0.3 is 0 Å². The number of hydrogen-bond acceptors (Lipinski definition) is 2. The minimum Gasteiger partial charge on any atom is -0.319 e. The Morgan fingerprint density at radius 2 is 2.08 bits per heavy atom. The maximum Gasteiger partial charge on any atom is 0.256 e. The Labute approximate surface area is 159 Å². The normalized spacial score (nSPS) is 16.3. The average Bonchev–Trinajstić information content (AvgIpc) is 2.62. The maximum absolute atomic E-state index is 14.2. The van der Waals surface area contributed by atoms with Crippen molar-refractivity contribution < 1.29 is 9.18 Å². The highest BCUT2D eigenvalue weighted by Crippen LogP contribution is 2.32. The van der Waals surface area contributed by atoms with Crippen molar-refractivity contribution in [2.75, 3.05) is 5.32 Å². The van der Waals surface area contributed by atoms with Gasteiger partial charge in [-0.3, -0.25) is 9.78 Å². The molecule has 1 aliphatic rings. The number of hydrogen-bond donors (Lipinski definition) is 1. The van der Waals surface area contributed by atoms with Crippen molar-refractivity contribution in [1.29, 1.82) is 0 Å². The highest BCUT2D eigenvalue weighted by Gasteiger charge is 2.25. The lowest BCUT2D eigenvalue weighted by atomic mass is 9.84. The summed E-state index contributed by atoms with van der Waals surface area (Å²) in [4.78, 5) is 17.9. The van der Waals surface area contributed by atoms with Crippen molar-refractivity contribution in [1.82, 2.24) is 4.98 Å². The summed E-state index contributed by atoms with van der Waals surface area (Å²) in [7, 11) is 0. The molecule has 5 heteroatoms. The Kier molecular flexibility index (Phi) is 4.49. The molecule has 0 bridgehead atoms. The first kappa shape index (κ1) is 17.2. The van der Waals surface area contributed by atoms with Gasteiger partial charge in [0, 0.05) is 15.6 Å². The number of benzene rings is 2. The van der Waals surface area contributed by atoms with E-state index in [1.54, 1.807) is 12.1 Å². The van der Waals surface area contributed by atoms with Crippen LogP contribution in [0.4, 0.5) is 10.1 Å². The van der Waals surface area contributed by atoms with Crippen LogP contribution in [-0.2, 0) is 12.8 Å². The highest BCUT2D eigenvalue weighted by molar-refractivity contribution is 9.10. The largest absolute Gasteiger partial charge is 0.319 e. The summed E-state index contributed by atoms with van der Waals surface area (Å²) in [6.07, 6.45) is 2.76. The summed E-state index contributed by atoms with van der Waals surface area (Å²) in [5, 5.41) is 3.56. The van der Waals surface area contributed by atoms with Gasteiger partial charge in [0.05, 0.1) is 16.8 Å². The summed E-state index contributed by atoms with van der Waals surface area (Å²) in [6.45, 7) is 2.19. The van der Waals surface area contributed by atoms with Gasteiger partial charge in [-0.1, -0.05) is 41.1 Å². The third-order valence-corrected chi connectivity index (χ3v) is 5.41. The molecule has 1 aliphatic carbocycles. The van der Waals surface area contributed by atoms with E-state index in [2.05, 4.69) is 28.2 Å². The van der Waals surface area contributed by atoms with Gasteiger partial charge in [0.2, 0.25) is 0 Å². The highest BCUT2D eigenvalue weighted by atomic mass is 79.9. The molecule has 1 amide bonds. The monoisotopic (exact) mass is 412 g/mol. The lowest BCUT2D eigenvalue weighted by Crippen LogP contribution is -2.22. The van der Waals surface area contributed by atoms with Gasteiger partial charge in [0.1, 0.15) is 5.82 Å². The fourth-order valence-electron chi connectivity index (χ4n) is 3.60. The van der Waals surface area contributed by atoms with E-state index in [1.165, 1.54) is 6.07 Å². The molecule has 1 atom stereocenters. The van der Waals surface area contributed by atoms with Gasteiger partial charge in [-0.15, -0.1) is 0 Å². The summed E-state index contributed by atoms with van der Waals surface area (Å²) in [5.41, 5.74) is 3.60. The van der Waals surface area contributed by atoms with Gasteiger partial charge in [-0.05, 0) is 55.0 Å². The van der Waals surface area contributed by atoms with Crippen LogP contribution in [0.5, 0.6) is 0 Å². The van der Waals surface area contributed by atoms with Gasteiger partial charge in [0.15, 0.2) is 0 Å². The van der Waals surface area contributed by atoms with Gasteiger partial charge in [-0.2, -0.15) is 0 Å². The van der Waals surface area contributed by atoms with Crippen LogP contribution in [0, 0.1) is 11.7 Å². The molecule has 1 aromatic heterocycles. The zero-order chi connectivity index (χ0) is 18.3. The van der Waals surface area contributed by atoms with Crippen LogP contribution in [0.1, 0.15) is 35.0 Å². The molecule has 1 N–H and O–H groups in total. The van der Waals surface area contributed by atoms with Crippen molar-refractivity contribution in [2.45, 2.75) is 26.2 Å². The van der Waals surface area contributed by atoms with Gasteiger partial charge in [0.25, 0.3) is 5.91 Å². The molecular formula is C21H18BrFN2O. The summed E-state index contributed by atoms with van der Waals surface area (Å²) in [5.74, 6) is -0.245. The van der Waals surface area contributed by atoms with E-state index < -0.39 is 5.82 Å². The molecule has 132 valence electrons. The van der Waals surface area contributed by atoms with Crippen LogP contribution in [-0.4, -0.2) is 10.9 Å². The van der Waals surface area contributed by atoms with Crippen LogP contribution in [0.25, 0.3) is 10.9 Å². The number of nitrogens with zero attached hydrogens (tertiary/aromatic N) is 1. The number of fused-ring (bicyclic) bond motifs is 2. The number of amides is 1. The maximum atomic E-state index is 14.2. The van der Waals surface area contributed by atoms with Crippen LogP contribution in [0.15, 0.2) is 46.9 Å². The molecule has 2 aromatic carbocycles. The number of halogens is 2. The van der Waals surface area contributed by atoms with Crippen LogP contribution in [0.3, 0.4) is 0 Å². The molecule has 0 fully saturated rings. The molecule has 26 heavy (non-hydrogen) atoms. The van der Waals surface area contributed by atoms with E-state index in [9.17, 15) is 9.18 Å². The van der Waals surface area contributed by atoms with Crippen LogP contribution >= 0.6 is 15.9 Å². The molecule has 0 unspecified atom stereocenters. The number of anilines is 1. The molecule has 0 saturated carbocycles. The van der Waals surface area contributed by atoms with E-state index in [0.29, 0.717) is 16.0 Å². The lowest BCUT2D eigenvalue weighted by Gasteiger charge is -2.24. The average molecular weight is 413 g/mol. The second-order valence-electron chi connectivity index (χ2n) is 6.86. The summed E-state index contributed by atoms with van der Waals surface area (Å²) >= 11 is 3.23. The first-order chi connectivity index (χ1) is 12.5. The fraction of sp³-hybridized carbons (Fsp3) is 0.238. The fourth-order valence-corrected chi connectivity index (χ4v) is 3.93. The molecule has 0 radical (unpaired) electrons. The molecule has 3 nitrogen and oxygen atoms in total. The molecule has 0 aliphatic heterocycles. The second-order valence-corrected chi connectivity index (χ2v) is 7.77. The number of para-hydroxylation sites is 1. The van der Waals surface area contributed by atoms with Crippen LogP contribution < -0.4 is 5.32 Å². The number of aryl methyl sites for hydroxylation is 1. The number of rotatable bonds is 2. The number of carbonyl (C=O) groups is 1. The SMILES string of the molecule is C[C@H]1CCc2nc3ccccc3c(C(=O)Nc3ccc(Br)cc3F)c2C1. The number of carbonyl (C=O) groups excluding carboxylic acids is 1. The smallest absolute Gasteiger partial charge is 0.256 e. The van der Waals surface area contributed by atoms with E-state index in [1.807, 2.05) is 24.3 Å². The Bertz CT molecular complexity index is 1020. The summed E-state index contributed by atoms with van der Waals surface area (Å²) < 4.78 is 14.8. The number of pyridine rings is 1. The van der Waals surface area contributed by atoms with Gasteiger partial charge < -0.3 is 5.32 Å². The lowest BCUT2D eigenvalue weighted by molar-refractivity contribution is 0.102. The zero-order valence-corrected chi connectivity index (χ0v) is 15.9. The third kappa shape index (κ3) is 3.12. The van der Waals surface area contributed by atoms with Crippen molar-refractivity contribution >= 4 is 38.4 Å². The number of nitrogens with one attached hydrogen (secondary N) is 1. The van der Waals surface area contributed by atoms with Gasteiger partial charge in [-0.25, -0.2) is 4.39 Å². The predicted molar refractivity (Wildman–Crippen MR) is 105 cm³/mol. The minimum absolute atomic E-state index is 0.178. The van der Waals surface area contributed by atoms with Crippen molar-refractivity contribution in [3.63, 3.8) is 0 Å². The number of aromatic nitrogens is 1. The first-order valence-corrected chi connectivity index (χ1v) is 9.49. The van der Waals surface area contributed by atoms with Crippen LogP contribution in [0.2, 0.25) is 0 Å². The van der Waals surface area contributed by atoms with E-state index in [-0.39, 0.29) is 11.6 Å². The summed E-state index contributed by atoms with van der Waals surface area (Å²) in [6, 6.07) is 12.3. The topological polar surface area (TPSA) is 42.0 Å². The van der Waals surface area contributed by atoms with Crippen molar-refractivity contribution in [3.05, 3.63) is 69.6 Å². The standard InChI is InChI=1S/C21H18BrFN2O/c1-12-6-8-18-15(10-12)20(14-4-2-3-5-17(14)24-18)21(26)25-19-9-7-13(22)11-16(19)23/h2-5,7,9,11-12H,6,8,10H2,1H3,(H,25,26)/t12-/m0/s1. The molecule has 0 saturated heterocycles. The first-order valence-electron chi connectivity index (χ1n) is 8.70. The van der Waals surface area contributed by atoms with E-state index in [0.717, 1.165) is 41.4 Å². The van der Waals surface area contributed by atoms with Crippen molar-refractivity contribution in [3.8, 4) is 0 Å². The Hall–Kier alpha value is -2.27. The van der Waals surface area contributed by atoms with E-state index >= 15 is 0 Å². The van der Waals surface area contributed by atoms with E-state index in [4.69, 9.17) is 4.98 Å². The zero-order valence-electron chi connectivity index (χ0n) is 14.4. The Morgan fingerprint density at radius 3 is 2.88 bits per heavy atom. The van der Waals surface area contributed by atoms with Crippen molar-refractivity contribution in [2.24, 2.45) is 5.92 Å².